The largest absolute Gasteiger partial charge is 0.378 e. The van der Waals surface area contributed by atoms with E-state index in [1.165, 1.54) is 12.1 Å². The van der Waals surface area contributed by atoms with Gasteiger partial charge in [-0.15, -0.1) is 0 Å². The Balaban J connectivity index is 3.11. The zero-order chi connectivity index (χ0) is 10.0. The monoisotopic (exact) mass is 182 g/mol. The van der Waals surface area contributed by atoms with Gasteiger partial charge in [-0.1, -0.05) is 0 Å². The summed E-state index contributed by atoms with van der Waals surface area (Å²) in [4.78, 5) is 3.77. The summed E-state index contributed by atoms with van der Waals surface area (Å²) >= 11 is 0. The highest BCUT2D eigenvalue weighted by Crippen LogP contribution is 2.21. The number of anilines is 2. The average molecular weight is 182 g/mol. The molecule has 0 fully saturated rings. The van der Waals surface area contributed by atoms with Gasteiger partial charge in [0.05, 0.1) is 0 Å². The molecule has 1 aromatic carbocycles. The quantitative estimate of drug-likeness (QED) is 0.689. The van der Waals surface area contributed by atoms with Crippen LogP contribution in [-0.4, -0.2) is 28.2 Å². The predicted octanol–water partition coefficient (Wildman–Crippen LogP) is 1.96. The van der Waals surface area contributed by atoms with E-state index in [0.717, 1.165) is 11.4 Å². The van der Waals surface area contributed by atoms with E-state index < -0.39 is 0 Å². The van der Waals surface area contributed by atoms with Crippen molar-refractivity contribution < 1.29 is 4.39 Å². The van der Waals surface area contributed by atoms with Crippen molar-refractivity contribution in [2.45, 2.75) is 0 Å². The summed E-state index contributed by atoms with van der Waals surface area (Å²) in [5.41, 5.74) is 1.76. The SMILES string of the molecule is CN(C)c1cc(F)cc(N(C)C)c1. The van der Waals surface area contributed by atoms with Crippen LogP contribution >= 0.6 is 0 Å². The molecule has 0 aliphatic rings. The van der Waals surface area contributed by atoms with Gasteiger partial charge >= 0.3 is 0 Å². The van der Waals surface area contributed by atoms with E-state index >= 15 is 0 Å². The summed E-state index contributed by atoms with van der Waals surface area (Å²) in [5.74, 6) is -0.199. The van der Waals surface area contributed by atoms with Crippen LogP contribution in [0.1, 0.15) is 0 Å². The van der Waals surface area contributed by atoms with Crippen LogP contribution < -0.4 is 9.80 Å². The molecule has 3 heteroatoms. The number of benzene rings is 1. The first-order chi connectivity index (χ1) is 6.00. The highest BCUT2D eigenvalue weighted by Gasteiger charge is 2.03. The van der Waals surface area contributed by atoms with Crippen LogP contribution in [-0.2, 0) is 0 Å². The van der Waals surface area contributed by atoms with E-state index in [4.69, 9.17) is 0 Å². The second-order valence-corrected chi connectivity index (χ2v) is 3.46. The third-order valence-corrected chi connectivity index (χ3v) is 1.90. The van der Waals surface area contributed by atoms with Crippen LogP contribution in [0.5, 0.6) is 0 Å². The van der Waals surface area contributed by atoms with Gasteiger partial charge < -0.3 is 9.80 Å². The van der Waals surface area contributed by atoms with Gasteiger partial charge in [-0.3, -0.25) is 0 Å². The molecule has 0 saturated carbocycles. The van der Waals surface area contributed by atoms with Gasteiger partial charge in [0, 0.05) is 39.6 Å². The molecule has 0 atom stereocenters. The lowest BCUT2D eigenvalue weighted by Gasteiger charge is -2.17. The number of rotatable bonds is 2. The molecule has 0 aliphatic heterocycles. The van der Waals surface area contributed by atoms with Crippen molar-refractivity contribution in [1.29, 1.82) is 0 Å². The molecule has 1 aromatic rings. The first-order valence-electron chi connectivity index (χ1n) is 4.16. The molecule has 0 aliphatic carbocycles. The standard InChI is InChI=1S/C10H15FN2/c1-12(2)9-5-8(11)6-10(7-9)13(3)4/h5-7H,1-4H3. The zero-order valence-corrected chi connectivity index (χ0v) is 8.50. The molecule has 1 rings (SSSR count). The minimum absolute atomic E-state index is 0.199. The lowest BCUT2D eigenvalue weighted by atomic mass is 10.2. The Bertz CT molecular complexity index is 269. The van der Waals surface area contributed by atoms with E-state index in [0.29, 0.717) is 0 Å². The summed E-state index contributed by atoms with van der Waals surface area (Å²) < 4.78 is 13.1. The molecule has 0 N–H and O–H groups in total. The third-order valence-electron chi connectivity index (χ3n) is 1.90. The summed E-state index contributed by atoms with van der Waals surface area (Å²) in [6.45, 7) is 0. The number of hydrogen-bond donors (Lipinski definition) is 0. The molecule has 0 bridgehead atoms. The minimum Gasteiger partial charge on any atom is -0.378 e. The number of halogens is 1. The van der Waals surface area contributed by atoms with Gasteiger partial charge in [0.2, 0.25) is 0 Å². The van der Waals surface area contributed by atoms with Crippen LogP contribution in [0.15, 0.2) is 18.2 Å². The van der Waals surface area contributed by atoms with Crippen molar-refractivity contribution >= 4 is 11.4 Å². The van der Waals surface area contributed by atoms with Gasteiger partial charge in [0.1, 0.15) is 5.82 Å². The summed E-state index contributed by atoms with van der Waals surface area (Å²) in [7, 11) is 7.59. The van der Waals surface area contributed by atoms with Gasteiger partial charge in [-0.25, -0.2) is 4.39 Å². The molecule has 0 saturated heterocycles. The van der Waals surface area contributed by atoms with Crippen molar-refractivity contribution in [3.05, 3.63) is 24.0 Å². The third kappa shape index (κ3) is 2.34. The number of nitrogens with zero attached hydrogens (tertiary/aromatic N) is 2. The Kier molecular flexibility index (Phi) is 2.76. The smallest absolute Gasteiger partial charge is 0.127 e. The first-order valence-corrected chi connectivity index (χ1v) is 4.16. The summed E-state index contributed by atoms with van der Waals surface area (Å²) in [6, 6.07) is 4.99. The molecule has 0 radical (unpaired) electrons. The van der Waals surface area contributed by atoms with E-state index in [9.17, 15) is 4.39 Å². The summed E-state index contributed by atoms with van der Waals surface area (Å²) in [5, 5.41) is 0. The topological polar surface area (TPSA) is 6.48 Å². The van der Waals surface area contributed by atoms with Crippen molar-refractivity contribution in [1.82, 2.24) is 0 Å². The molecule has 13 heavy (non-hydrogen) atoms. The first kappa shape index (κ1) is 9.84. The highest BCUT2D eigenvalue weighted by atomic mass is 19.1. The summed E-state index contributed by atoms with van der Waals surface area (Å²) in [6.07, 6.45) is 0. The maximum atomic E-state index is 13.1. The molecule has 0 spiro atoms. The average Bonchev–Trinajstić information content (AvgIpc) is 2.03. The van der Waals surface area contributed by atoms with Crippen LogP contribution in [0.3, 0.4) is 0 Å². The van der Waals surface area contributed by atoms with Crippen LogP contribution in [0.2, 0.25) is 0 Å². The van der Waals surface area contributed by atoms with E-state index in [-0.39, 0.29) is 5.82 Å². The van der Waals surface area contributed by atoms with Crippen molar-refractivity contribution in [3.63, 3.8) is 0 Å². The molecule has 72 valence electrons. The molecule has 0 heterocycles. The van der Waals surface area contributed by atoms with Crippen LogP contribution in [0.25, 0.3) is 0 Å². The van der Waals surface area contributed by atoms with E-state index in [2.05, 4.69) is 0 Å². The number of hydrogen-bond acceptors (Lipinski definition) is 2. The van der Waals surface area contributed by atoms with Gasteiger partial charge in [-0.2, -0.15) is 0 Å². The Morgan fingerprint density at radius 3 is 1.54 bits per heavy atom. The second-order valence-electron chi connectivity index (χ2n) is 3.46. The maximum absolute atomic E-state index is 13.1. The van der Waals surface area contributed by atoms with E-state index in [1.54, 1.807) is 0 Å². The fourth-order valence-corrected chi connectivity index (χ4v) is 1.08. The Morgan fingerprint density at radius 2 is 1.23 bits per heavy atom. The Hall–Kier alpha value is -1.25. The lowest BCUT2D eigenvalue weighted by Crippen LogP contribution is -2.12. The zero-order valence-electron chi connectivity index (χ0n) is 8.50. The maximum Gasteiger partial charge on any atom is 0.127 e. The molecule has 2 nitrogen and oxygen atoms in total. The minimum atomic E-state index is -0.199. The van der Waals surface area contributed by atoms with Gasteiger partial charge in [0.15, 0.2) is 0 Å². The van der Waals surface area contributed by atoms with Crippen molar-refractivity contribution in [3.8, 4) is 0 Å². The molecule has 0 aromatic heterocycles. The Labute approximate surface area is 78.6 Å². The van der Waals surface area contributed by atoms with Crippen LogP contribution in [0, 0.1) is 5.82 Å². The van der Waals surface area contributed by atoms with Crippen LogP contribution in [0.4, 0.5) is 15.8 Å². The molecule has 0 amide bonds. The van der Waals surface area contributed by atoms with Crippen molar-refractivity contribution in [2.75, 3.05) is 38.0 Å². The predicted molar refractivity (Wildman–Crippen MR) is 55.1 cm³/mol. The Morgan fingerprint density at radius 1 is 0.846 bits per heavy atom. The van der Waals surface area contributed by atoms with Gasteiger partial charge in [0.25, 0.3) is 0 Å². The molecule has 0 unspecified atom stereocenters. The normalized spacial score (nSPS) is 9.92. The molecular formula is C10H15FN2. The lowest BCUT2D eigenvalue weighted by molar-refractivity contribution is 0.627. The van der Waals surface area contributed by atoms with E-state index in [1.807, 2.05) is 44.1 Å². The highest BCUT2D eigenvalue weighted by molar-refractivity contribution is 5.58. The van der Waals surface area contributed by atoms with Gasteiger partial charge in [-0.05, 0) is 18.2 Å². The fourth-order valence-electron chi connectivity index (χ4n) is 1.08. The second kappa shape index (κ2) is 3.64. The molecular weight excluding hydrogens is 167 g/mol. The van der Waals surface area contributed by atoms with Crippen molar-refractivity contribution in [2.24, 2.45) is 0 Å². The fraction of sp³-hybridized carbons (Fsp3) is 0.400.